The van der Waals surface area contributed by atoms with Gasteiger partial charge < -0.3 is 5.32 Å². The van der Waals surface area contributed by atoms with E-state index in [1.54, 1.807) is 6.92 Å². The topological polar surface area (TPSA) is 116 Å². The minimum atomic E-state index is -4.66. The first-order valence-electron chi connectivity index (χ1n) is 8.25. The molecule has 9 nitrogen and oxygen atoms in total. The van der Waals surface area contributed by atoms with E-state index in [0.29, 0.717) is 6.07 Å². The quantitative estimate of drug-likeness (QED) is 0.477. The number of benzene rings is 1. The van der Waals surface area contributed by atoms with E-state index in [0.717, 1.165) is 18.3 Å². The predicted octanol–water partition coefficient (Wildman–Crippen LogP) is 3.73. The van der Waals surface area contributed by atoms with Crippen molar-refractivity contribution in [2.45, 2.75) is 19.1 Å². The number of hydrogen-bond donors (Lipinski definition) is 1. The molecule has 0 spiro atoms. The molecule has 156 valence electrons. The molecule has 0 saturated heterocycles. The molecular weight excluding hydrogens is 429 g/mol. The zero-order valence-corrected chi connectivity index (χ0v) is 15.8. The minimum absolute atomic E-state index is 0.205. The highest BCUT2D eigenvalue weighted by Gasteiger charge is 2.32. The lowest BCUT2D eigenvalue weighted by atomic mass is 10.1. The largest absolute Gasteiger partial charge is 0.416 e. The fraction of sp³-hybridized carbons (Fsp3) is 0.176. The first-order valence-corrected chi connectivity index (χ1v) is 8.63. The van der Waals surface area contributed by atoms with Gasteiger partial charge in [-0.1, -0.05) is 11.6 Å². The Balaban J connectivity index is 1.83. The molecule has 1 atom stereocenters. The van der Waals surface area contributed by atoms with Crippen molar-refractivity contribution >= 4 is 23.2 Å². The van der Waals surface area contributed by atoms with Crippen LogP contribution < -0.4 is 5.32 Å². The molecule has 3 rings (SSSR count). The van der Waals surface area contributed by atoms with Crippen molar-refractivity contribution in [1.82, 2.24) is 25.1 Å². The van der Waals surface area contributed by atoms with E-state index in [4.69, 9.17) is 11.6 Å². The molecule has 13 heteroatoms. The predicted molar refractivity (Wildman–Crippen MR) is 98.1 cm³/mol. The summed E-state index contributed by atoms with van der Waals surface area (Å²) < 4.78 is 40.1. The van der Waals surface area contributed by atoms with Crippen molar-refractivity contribution in [1.29, 1.82) is 0 Å². The summed E-state index contributed by atoms with van der Waals surface area (Å²) in [6, 6.07) is 4.31. The molecule has 1 N–H and O–H groups in total. The third kappa shape index (κ3) is 4.54. The van der Waals surface area contributed by atoms with Crippen LogP contribution in [0.25, 0.3) is 5.82 Å². The van der Waals surface area contributed by atoms with Crippen LogP contribution in [0.4, 0.5) is 18.9 Å². The number of alkyl halides is 3. The van der Waals surface area contributed by atoms with Gasteiger partial charge in [0.15, 0.2) is 11.6 Å². The molecule has 0 aliphatic heterocycles. The fourth-order valence-electron chi connectivity index (χ4n) is 2.56. The van der Waals surface area contributed by atoms with Crippen LogP contribution in [0.1, 0.15) is 34.7 Å². The lowest BCUT2D eigenvalue weighted by Crippen LogP contribution is -2.29. The second kappa shape index (κ2) is 8.06. The number of hydrogen-bond acceptors (Lipinski definition) is 6. The second-order valence-corrected chi connectivity index (χ2v) is 6.52. The number of rotatable bonds is 5. The van der Waals surface area contributed by atoms with Crippen LogP contribution in [-0.4, -0.2) is 30.6 Å². The third-order valence-corrected chi connectivity index (χ3v) is 4.17. The molecule has 2 heterocycles. The molecule has 0 radical (unpaired) electrons. The highest BCUT2D eigenvalue weighted by molar-refractivity contribution is 6.31. The van der Waals surface area contributed by atoms with E-state index >= 15 is 0 Å². The van der Waals surface area contributed by atoms with E-state index in [-0.39, 0.29) is 27.9 Å². The monoisotopic (exact) mass is 440 g/mol. The van der Waals surface area contributed by atoms with Gasteiger partial charge in [-0.05, 0) is 31.2 Å². The van der Waals surface area contributed by atoms with Crippen LogP contribution in [0.3, 0.4) is 0 Å². The molecule has 1 aromatic carbocycles. The number of carbonyl (C=O) groups is 1. The van der Waals surface area contributed by atoms with Gasteiger partial charge in [-0.25, -0.2) is 9.97 Å². The highest BCUT2D eigenvalue weighted by Crippen LogP contribution is 2.32. The molecule has 0 aliphatic carbocycles. The molecule has 0 bridgehead atoms. The van der Waals surface area contributed by atoms with Gasteiger partial charge in [0.1, 0.15) is 12.5 Å². The van der Waals surface area contributed by atoms with Crippen molar-refractivity contribution in [2.75, 3.05) is 0 Å². The maximum Gasteiger partial charge on any atom is 0.416 e. The lowest BCUT2D eigenvalue weighted by Gasteiger charge is -2.15. The standard InChI is InChI=1S/C17H12ClF3N6O3/c1-9(25-16(28)10-4-11(17(19,20)21)6-12(18)5-10)15-23-8-24-26(15)14-3-2-13(7-22-14)27(29)30/h2-9H,1H3,(H,25,28). The summed E-state index contributed by atoms with van der Waals surface area (Å²) in [6.45, 7) is 1.54. The van der Waals surface area contributed by atoms with E-state index in [1.807, 2.05) is 0 Å². The molecule has 0 fully saturated rings. The molecule has 1 unspecified atom stereocenters. The average molecular weight is 441 g/mol. The van der Waals surface area contributed by atoms with Gasteiger partial charge in [0.25, 0.3) is 11.6 Å². The average Bonchev–Trinajstić information content (AvgIpc) is 3.16. The Morgan fingerprint density at radius 3 is 2.60 bits per heavy atom. The van der Waals surface area contributed by atoms with Crippen molar-refractivity contribution in [3.05, 3.63) is 74.9 Å². The minimum Gasteiger partial charge on any atom is -0.342 e. The Kier molecular flexibility index (Phi) is 5.69. The van der Waals surface area contributed by atoms with Gasteiger partial charge in [0.2, 0.25) is 0 Å². The van der Waals surface area contributed by atoms with Crippen LogP contribution in [0.15, 0.2) is 42.9 Å². The summed E-state index contributed by atoms with van der Waals surface area (Å²) in [6.07, 6.45) is -2.44. The van der Waals surface area contributed by atoms with Gasteiger partial charge in [-0.15, -0.1) is 0 Å². The smallest absolute Gasteiger partial charge is 0.342 e. The van der Waals surface area contributed by atoms with Gasteiger partial charge in [-0.3, -0.25) is 14.9 Å². The van der Waals surface area contributed by atoms with Gasteiger partial charge in [-0.2, -0.15) is 23.0 Å². The first kappa shape index (κ1) is 21.2. The van der Waals surface area contributed by atoms with Crippen LogP contribution >= 0.6 is 11.6 Å². The molecule has 0 saturated carbocycles. The van der Waals surface area contributed by atoms with Gasteiger partial charge in [0.05, 0.1) is 16.5 Å². The van der Waals surface area contributed by atoms with Crippen molar-refractivity contribution in [3.63, 3.8) is 0 Å². The molecule has 0 aliphatic rings. The molecule has 1 amide bonds. The summed E-state index contributed by atoms with van der Waals surface area (Å²) in [4.78, 5) is 30.6. The number of amides is 1. The van der Waals surface area contributed by atoms with Crippen molar-refractivity contribution in [2.24, 2.45) is 0 Å². The molecular formula is C17H12ClF3N6O3. The lowest BCUT2D eigenvalue weighted by molar-refractivity contribution is -0.385. The van der Waals surface area contributed by atoms with Crippen LogP contribution in [0.5, 0.6) is 0 Å². The Labute approximate surface area is 171 Å². The summed E-state index contributed by atoms with van der Waals surface area (Å²) in [5.41, 5.74) is -1.55. The third-order valence-electron chi connectivity index (χ3n) is 3.96. The molecule has 2 aromatic heterocycles. The van der Waals surface area contributed by atoms with Crippen molar-refractivity contribution < 1.29 is 22.9 Å². The summed E-state index contributed by atoms with van der Waals surface area (Å²) in [5.74, 6) is -0.388. The number of aromatic nitrogens is 4. The van der Waals surface area contributed by atoms with E-state index in [2.05, 4.69) is 20.4 Å². The highest BCUT2D eigenvalue weighted by atomic mass is 35.5. The number of halogens is 4. The van der Waals surface area contributed by atoms with Gasteiger partial charge >= 0.3 is 6.18 Å². The van der Waals surface area contributed by atoms with Crippen molar-refractivity contribution in [3.8, 4) is 5.82 Å². The SMILES string of the molecule is CC(NC(=O)c1cc(Cl)cc(C(F)(F)F)c1)c1ncnn1-c1ccc([N+](=O)[O-])cn1. The number of pyridine rings is 1. The summed E-state index contributed by atoms with van der Waals surface area (Å²) in [5, 5.41) is 17.0. The van der Waals surface area contributed by atoms with E-state index in [1.165, 1.54) is 23.1 Å². The molecule has 3 aromatic rings. The van der Waals surface area contributed by atoms with E-state index in [9.17, 15) is 28.1 Å². The maximum atomic E-state index is 13.0. The Bertz CT molecular complexity index is 1100. The van der Waals surface area contributed by atoms with Crippen LogP contribution in [0.2, 0.25) is 5.02 Å². The zero-order chi connectivity index (χ0) is 22.1. The van der Waals surface area contributed by atoms with E-state index < -0.39 is 28.6 Å². The number of carbonyl (C=O) groups excluding carboxylic acids is 1. The van der Waals surface area contributed by atoms with Crippen LogP contribution in [-0.2, 0) is 6.18 Å². The Morgan fingerprint density at radius 1 is 1.27 bits per heavy atom. The second-order valence-electron chi connectivity index (χ2n) is 6.08. The first-order chi connectivity index (χ1) is 14.1. The number of nitro groups is 1. The summed E-state index contributed by atoms with van der Waals surface area (Å²) in [7, 11) is 0. The van der Waals surface area contributed by atoms with Gasteiger partial charge in [0, 0.05) is 16.7 Å². The van der Waals surface area contributed by atoms with Crippen LogP contribution in [0, 0.1) is 10.1 Å². The Morgan fingerprint density at radius 2 is 2.00 bits per heavy atom. The fourth-order valence-corrected chi connectivity index (χ4v) is 2.80. The number of nitrogens with one attached hydrogen (secondary N) is 1. The Hall–Kier alpha value is -3.54. The summed E-state index contributed by atoms with van der Waals surface area (Å²) >= 11 is 5.71. The number of nitrogens with zero attached hydrogens (tertiary/aromatic N) is 5. The zero-order valence-electron chi connectivity index (χ0n) is 15.1. The normalized spacial score (nSPS) is 12.4. The molecule has 30 heavy (non-hydrogen) atoms. The maximum absolute atomic E-state index is 13.0.